The highest BCUT2D eigenvalue weighted by molar-refractivity contribution is 5.44. The zero-order chi connectivity index (χ0) is 12.3. The molecule has 0 aromatic heterocycles. The topological polar surface area (TPSA) is 41.5 Å². The van der Waals surface area contributed by atoms with Crippen molar-refractivity contribution in [2.45, 2.75) is 38.8 Å². The van der Waals surface area contributed by atoms with E-state index in [1.165, 1.54) is 5.56 Å². The predicted molar refractivity (Wildman–Crippen MR) is 68.3 cm³/mol. The lowest BCUT2D eigenvalue weighted by Gasteiger charge is -2.15. The maximum Gasteiger partial charge on any atom is 0.119 e. The third-order valence-electron chi connectivity index (χ3n) is 3.19. The second-order valence-electron chi connectivity index (χ2n) is 4.81. The molecule has 0 saturated carbocycles. The fourth-order valence-corrected chi connectivity index (χ4v) is 2.37. The van der Waals surface area contributed by atoms with Crippen LogP contribution in [-0.4, -0.2) is 24.4 Å². The summed E-state index contributed by atoms with van der Waals surface area (Å²) in [5.41, 5.74) is 2.35. The number of phenolic OH excluding ortho intramolecular Hbond substituents is 1. The fraction of sp³-hybridized carbons (Fsp3) is 0.571. The standard InChI is InChI=1S/C14H21NO2/c1-10(2)17-9-8-15-13-7-6-12-11(13)4-3-5-14(12)16/h3-5,10,13,15-16H,6-9H2,1-2H3. The Labute approximate surface area is 103 Å². The lowest BCUT2D eigenvalue weighted by atomic mass is 10.1. The molecule has 0 aliphatic heterocycles. The van der Waals surface area contributed by atoms with Gasteiger partial charge in [0.2, 0.25) is 0 Å². The summed E-state index contributed by atoms with van der Waals surface area (Å²) in [6.07, 6.45) is 2.32. The molecule has 3 nitrogen and oxygen atoms in total. The van der Waals surface area contributed by atoms with Crippen LogP contribution in [-0.2, 0) is 11.2 Å². The number of ether oxygens (including phenoxy) is 1. The van der Waals surface area contributed by atoms with E-state index < -0.39 is 0 Å². The van der Waals surface area contributed by atoms with Crippen molar-refractivity contribution in [1.82, 2.24) is 5.32 Å². The van der Waals surface area contributed by atoms with Crippen LogP contribution >= 0.6 is 0 Å². The van der Waals surface area contributed by atoms with Crippen LogP contribution < -0.4 is 5.32 Å². The van der Waals surface area contributed by atoms with Crippen molar-refractivity contribution in [2.24, 2.45) is 0 Å². The van der Waals surface area contributed by atoms with Crippen molar-refractivity contribution in [1.29, 1.82) is 0 Å². The number of phenols is 1. The molecular weight excluding hydrogens is 214 g/mol. The highest BCUT2D eigenvalue weighted by atomic mass is 16.5. The summed E-state index contributed by atoms with van der Waals surface area (Å²) >= 11 is 0. The molecule has 1 aliphatic rings. The van der Waals surface area contributed by atoms with Gasteiger partial charge in [-0.25, -0.2) is 0 Å². The van der Waals surface area contributed by atoms with Crippen molar-refractivity contribution in [3.05, 3.63) is 29.3 Å². The molecule has 2 N–H and O–H groups in total. The van der Waals surface area contributed by atoms with Gasteiger partial charge in [0, 0.05) is 12.6 Å². The smallest absolute Gasteiger partial charge is 0.119 e. The van der Waals surface area contributed by atoms with Crippen LogP contribution in [0.4, 0.5) is 0 Å². The third-order valence-corrected chi connectivity index (χ3v) is 3.19. The Morgan fingerprint density at radius 3 is 3.06 bits per heavy atom. The van der Waals surface area contributed by atoms with Crippen molar-refractivity contribution in [2.75, 3.05) is 13.2 Å². The zero-order valence-corrected chi connectivity index (χ0v) is 10.6. The van der Waals surface area contributed by atoms with E-state index in [4.69, 9.17) is 4.74 Å². The molecule has 3 heteroatoms. The monoisotopic (exact) mass is 235 g/mol. The van der Waals surface area contributed by atoms with E-state index in [9.17, 15) is 5.11 Å². The van der Waals surface area contributed by atoms with Crippen molar-refractivity contribution in [3.8, 4) is 5.75 Å². The Balaban J connectivity index is 1.87. The van der Waals surface area contributed by atoms with E-state index in [0.29, 0.717) is 11.8 Å². The van der Waals surface area contributed by atoms with Crippen LogP contribution in [0.25, 0.3) is 0 Å². The van der Waals surface area contributed by atoms with Gasteiger partial charge in [0.1, 0.15) is 5.75 Å². The quantitative estimate of drug-likeness (QED) is 0.770. The predicted octanol–water partition coefficient (Wildman–Crippen LogP) is 2.39. The molecule has 94 valence electrons. The molecule has 0 heterocycles. The summed E-state index contributed by atoms with van der Waals surface area (Å²) in [6, 6.07) is 6.15. The summed E-state index contributed by atoms with van der Waals surface area (Å²) in [4.78, 5) is 0. The maximum absolute atomic E-state index is 9.74. The summed E-state index contributed by atoms with van der Waals surface area (Å²) in [6.45, 7) is 5.69. The summed E-state index contributed by atoms with van der Waals surface area (Å²) in [7, 11) is 0. The molecule has 0 bridgehead atoms. The van der Waals surface area contributed by atoms with Gasteiger partial charge in [-0.2, -0.15) is 0 Å². The molecule has 0 amide bonds. The number of hydrogen-bond acceptors (Lipinski definition) is 3. The molecule has 1 aromatic carbocycles. The van der Waals surface area contributed by atoms with Gasteiger partial charge in [-0.05, 0) is 43.9 Å². The molecule has 1 atom stereocenters. The Bertz CT molecular complexity index is 376. The molecule has 1 aliphatic carbocycles. The van der Waals surface area contributed by atoms with Crippen molar-refractivity contribution >= 4 is 0 Å². The fourth-order valence-electron chi connectivity index (χ4n) is 2.37. The number of nitrogens with one attached hydrogen (secondary N) is 1. The van der Waals surface area contributed by atoms with Gasteiger partial charge in [0.15, 0.2) is 0 Å². The second kappa shape index (κ2) is 5.52. The van der Waals surface area contributed by atoms with Gasteiger partial charge in [-0.1, -0.05) is 12.1 Å². The van der Waals surface area contributed by atoms with Crippen molar-refractivity contribution < 1.29 is 9.84 Å². The first kappa shape index (κ1) is 12.4. The molecule has 0 saturated heterocycles. The highest BCUT2D eigenvalue weighted by Gasteiger charge is 2.23. The van der Waals surface area contributed by atoms with E-state index >= 15 is 0 Å². The van der Waals surface area contributed by atoms with Gasteiger partial charge in [-0.15, -0.1) is 0 Å². The molecular formula is C14H21NO2. The summed E-state index contributed by atoms with van der Waals surface area (Å²) in [5.74, 6) is 0.435. The zero-order valence-electron chi connectivity index (χ0n) is 10.6. The maximum atomic E-state index is 9.74. The molecule has 0 radical (unpaired) electrons. The van der Waals surface area contributed by atoms with Crippen LogP contribution in [0.1, 0.15) is 37.4 Å². The third kappa shape index (κ3) is 2.99. The second-order valence-corrected chi connectivity index (χ2v) is 4.81. The van der Waals surface area contributed by atoms with Gasteiger partial charge < -0.3 is 15.2 Å². The SMILES string of the molecule is CC(C)OCCNC1CCc2c(O)cccc21. The van der Waals surface area contributed by atoms with Crippen LogP contribution in [0.5, 0.6) is 5.75 Å². The summed E-state index contributed by atoms with van der Waals surface area (Å²) in [5, 5.41) is 13.2. The van der Waals surface area contributed by atoms with Crippen LogP contribution in [0.15, 0.2) is 18.2 Å². The number of benzene rings is 1. The first-order valence-electron chi connectivity index (χ1n) is 6.34. The number of aromatic hydroxyl groups is 1. The van der Waals surface area contributed by atoms with E-state index in [1.54, 1.807) is 6.07 Å². The van der Waals surface area contributed by atoms with E-state index in [0.717, 1.165) is 31.6 Å². The average molecular weight is 235 g/mol. The van der Waals surface area contributed by atoms with Gasteiger partial charge in [0.05, 0.1) is 12.7 Å². The minimum atomic E-state index is 0.289. The molecule has 2 rings (SSSR count). The van der Waals surface area contributed by atoms with Gasteiger partial charge >= 0.3 is 0 Å². The molecule has 1 aromatic rings. The van der Waals surface area contributed by atoms with Crippen LogP contribution in [0.2, 0.25) is 0 Å². The Kier molecular flexibility index (Phi) is 4.02. The van der Waals surface area contributed by atoms with Crippen molar-refractivity contribution in [3.63, 3.8) is 0 Å². The molecule has 1 unspecified atom stereocenters. The lowest BCUT2D eigenvalue weighted by Crippen LogP contribution is -2.24. The normalized spacial score (nSPS) is 18.6. The van der Waals surface area contributed by atoms with Crippen LogP contribution in [0.3, 0.4) is 0 Å². The summed E-state index contributed by atoms with van der Waals surface area (Å²) < 4.78 is 5.50. The molecule has 0 fully saturated rings. The van der Waals surface area contributed by atoms with Gasteiger partial charge in [-0.3, -0.25) is 0 Å². The minimum absolute atomic E-state index is 0.289. The highest BCUT2D eigenvalue weighted by Crippen LogP contribution is 2.35. The van der Waals surface area contributed by atoms with E-state index in [-0.39, 0.29) is 6.10 Å². The Morgan fingerprint density at radius 1 is 1.47 bits per heavy atom. The Morgan fingerprint density at radius 2 is 2.29 bits per heavy atom. The minimum Gasteiger partial charge on any atom is -0.508 e. The van der Waals surface area contributed by atoms with E-state index in [1.807, 2.05) is 19.9 Å². The van der Waals surface area contributed by atoms with Crippen LogP contribution in [0, 0.1) is 0 Å². The first-order valence-corrected chi connectivity index (χ1v) is 6.34. The number of hydrogen-bond donors (Lipinski definition) is 2. The van der Waals surface area contributed by atoms with E-state index in [2.05, 4.69) is 11.4 Å². The first-order chi connectivity index (χ1) is 8.18. The Hall–Kier alpha value is -1.06. The number of fused-ring (bicyclic) bond motifs is 1. The average Bonchev–Trinajstić information content (AvgIpc) is 2.69. The van der Waals surface area contributed by atoms with Gasteiger partial charge in [0.25, 0.3) is 0 Å². The largest absolute Gasteiger partial charge is 0.508 e. The number of rotatable bonds is 5. The molecule has 0 spiro atoms. The lowest BCUT2D eigenvalue weighted by molar-refractivity contribution is 0.0793. The molecule has 17 heavy (non-hydrogen) atoms.